The SMILES string of the molecule is CCCCCNC(=O)c1cc(Cl)c(CCC)[nH]c1=O. The van der Waals surface area contributed by atoms with Crippen molar-refractivity contribution in [2.45, 2.75) is 46.0 Å². The van der Waals surface area contributed by atoms with Crippen LogP contribution in [0.25, 0.3) is 0 Å². The largest absolute Gasteiger partial charge is 0.352 e. The third-order valence-corrected chi connectivity index (χ3v) is 3.22. The second-order valence-electron chi connectivity index (χ2n) is 4.55. The summed E-state index contributed by atoms with van der Waals surface area (Å²) in [5, 5.41) is 3.18. The number of carbonyl (C=O) groups is 1. The van der Waals surface area contributed by atoms with Gasteiger partial charge in [-0.25, -0.2) is 0 Å². The van der Waals surface area contributed by atoms with Gasteiger partial charge in [-0.05, 0) is 18.9 Å². The smallest absolute Gasteiger partial charge is 0.261 e. The molecule has 0 radical (unpaired) electrons. The Labute approximate surface area is 118 Å². The summed E-state index contributed by atoms with van der Waals surface area (Å²) >= 11 is 6.06. The molecule has 0 saturated heterocycles. The van der Waals surface area contributed by atoms with Crippen molar-refractivity contribution in [2.24, 2.45) is 0 Å². The summed E-state index contributed by atoms with van der Waals surface area (Å²) in [6.07, 6.45) is 4.66. The predicted octanol–water partition coefficient (Wildman–Crippen LogP) is 2.90. The van der Waals surface area contributed by atoms with E-state index in [1.165, 1.54) is 6.07 Å². The van der Waals surface area contributed by atoms with Gasteiger partial charge in [0, 0.05) is 12.2 Å². The Kier molecular flexibility index (Phi) is 6.64. The van der Waals surface area contributed by atoms with Gasteiger partial charge in [0.05, 0.1) is 5.02 Å². The van der Waals surface area contributed by atoms with Gasteiger partial charge in [-0.1, -0.05) is 44.7 Å². The Morgan fingerprint density at radius 1 is 1.32 bits per heavy atom. The zero-order chi connectivity index (χ0) is 14.3. The van der Waals surface area contributed by atoms with Crippen LogP contribution in [0.2, 0.25) is 5.02 Å². The van der Waals surface area contributed by atoms with Crippen LogP contribution in [0.1, 0.15) is 55.6 Å². The van der Waals surface area contributed by atoms with Crippen molar-refractivity contribution < 1.29 is 4.79 Å². The van der Waals surface area contributed by atoms with E-state index >= 15 is 0 Å². The summed E-state index contributed by atoms with van der Waals surface area (Å²) in [5.74, 6) is -0.359. The molecule has 0 unspecified atom stereocenters. The normalized spacial score (nSPS) is 10.5. The maximum Gasteiger partial charge on any atom is 0.261 e. The standard InChI is InChI=1S/C14H21ClN2O2/c1-3-5-6-8-16-13(18)10-9-11(15)12(7-4-2)17-14(10)19/h9H,3-8H2,1-2H3,(H,16,18)(H,17,19). The number of hydrogen-bond acceptors (Lipinski definition) is 2. The zero-order valence-electron chi connectivity index (χ0n) is 11.5. The highest BCUT2D eigenvalue weighted by atomic mass is 35.5. The topological polar surface area (TPSA) is 62.0 Å². The number of hydrogen-bond donors (Lipinski definition) is 2. The second kappa shape index (κ2) is 8.00. The molecule has 4 nitrogen and oxygen atoms in total. The van der Waals surface area contributed by atoms with E-state index in [1.807, 2.05) is 6.92 Å². The molecule has 19 heavy (non-hydrogen) atoms. The lowest BCUT2D eigenvalue weighted by atomic mass is 10.2. The van der Waals surface area contributed by atoms with E-state index in [0.29, 0.717) is 23.7 Å². The number of unbranched alkanes of at least 4 members (excludes halogenated alkanes) is 2. The van der Waals surface area contributed by atoms with Crippen LogP contribution in [0, 0.1) is 0 Å². The fraction of sp³-hybridized carbons (Fsp3) is 0.571. The lowest BCUT2D eigenvalue weighted by molar-refractivity contribution is 0.0951. The Morgan fingerprint density at radius 3 is 2.68 bits per heavy atom. The van der Waals surface area contributed by atoms with Gasteiger partial charge in [0.15, 0.2) is 0 Å². The minimum absolute atomic E-state index is 0.0846. The van der Waals surface area contributed by atoms with Crippen molar-refractivity contribution in [3.05, 3.63) is 32.7 Å². The molecule has 0 aromatic carbocycles. The van der Waals surface area contributed by atoms with Crippen molar-refractivity contribution in [3.63, 3.8) is 0 Å². The molecule has 5 heteroatoms. The number of pyridine rings is 1. The van der Waals surface area contributed by atoms with Gasteiger partial charge in [0.2, 0.25) is 0 Å². The van der Waals surface area contributed by atoms with Gasteiger partial charge >= 0.3 is 0 Å². The lowest BCUT2D eigenvalue weighted by Crippen LogP contribution is -2.30. The Hall–Kier alpha value is -1.29. The molecule has 1 rings (SSSR count). The fourth-order valence-corrected chi connectivity index (χ4v) is 2.07. The number of rotatable bonds is 7. The minimum atomic E-state index is -0.374. The van der Waals surface area contributed by atoms with Gasteiger partial charge in [-0.3, -0.25) is 9.59 Å². The molecule has 0 spiro atoms. The molecular weight excluding hydrogens is 264 g/mol. The lowest BCUT2D eigenvalue weighted by Gasteiger charge is -2.07. The highest BCUT2D eigenvalue weighted by molar-refractivity contribution is 6.31. The number of aryl methyl sites for hydroxylation is 1. The van der Waals surface area contributed by atoms with Crippen LogP contribution in [-0.4, -0.2) is 17.4 Å². The summed E-state index contributed by atoms with van der Waals surface area (Å²) in [6, 6.07) is 1.46. The fourth-order valence-electron chi connectivity index (χ4n) is 1.82. The van der Waals surface area contributed by atoms with E-state index in [2.05, 4.69) is 17.2 Å². The Morgan fingerprint density at radius 2 is 2.05 bits per heavy atom. The molecule has 0 saturated carbocycles. The van der Waals surface area contributed by atoms with Crippen LogP contribution in [0.3, 0.4) is 0 Å². The zero-order valence-corrected chi connectivity index (χ0v) is 12.3. The van der Waals surface area contributed by atoms with Crippen LogP contribution in [-0.2, 0) is 6.42 Å². The average molecular weight is 285 g/mol. The van der Waals surface area contributed by atoms with E-state index in [0.717, 1.165) is 25.7 Å². The second-order valence-corrected chi connectivity index (χ2v) is 4.96. The van der Waals surface area contributed by atoms with Crippen molar-refractivity contribution >= 4 is 17.5 Å². The minimum Gasteiger partial charge on any atom is -0.352 e. The van der Waals surface area contributed by atoms with Gasteiger partial charge in [0.1, 0.15) is 5.56 Å². The summed E-state index contributed by atoms with van der Waals surface area (Å²) in [5.41, 5.74) is 0.402. The van der Waals surface area contributed by atoms with E-state index in [9.17, 15) is 9.59 Å². The van der Waals surface area contributed by atoms with Gasteiger partial charge in [0.25, 0.3) is 11.5 Å². The maximum absolute atomic E-state index is 11.9. The number of aromatic nitrogens is 1. The monoisotopic (exact) mass is 284 g/mol. The average Bonchev–Trinajstić information content (AvgIpc) is 2.38. The van der Waals surface area contributed by atoms with Crippen molar-refractivity contribution in [1.82, 2.24) is 10.3 Å². The summed E-state index contributed by atoms with van der Waals surface area (Å²) in [4.78, 5) is 26.4. The number of H-pyrrole nitrogens is 1. The number of aromatic amines is 1. The molecule has 2 N–H and O–H groups in total. The molecular formula is C14H21ClN2O2. The Balaban J connectivity index is 2.75. The highest BCUT2D eigenvalue weighted by Gasteiger charge is 2.13. The van der Waals surface area contributed by atoms with Crippen LogP contribution >= 0.6 is 11.6 Å². The first-order chi connectivity index (χ1) is 9.10. The molecule has 1 heterocycles. The van der Waals surface area contributed by atoms with E-state index in [1.54, 1.807) is 0 Å². The number of halogens is 1. The molecule has 0 bridgehead atoms. The van der Waals surface area contributed by atoms with E-state index in [4.69, 9.17) is 11.6 Å². The maximum atomic E-state index is 11.9. The van der Waals surface area contributed by atoms with Crippen LogP contribution < -0.4 is 10.9 Å². The van der Waals surface area contributed by atoms with Crippen LogP contribution in [0.5, 0.6) is 0 Å². The molecule has 0 aliphatic carbocycles. The van der Waals surface area contributed by atoms with Gasteiger partial charge in [-0.15, -0.1) is 0 Å². The third-order valence-electron chi connectivity index (χ3n) is 2.88. The molecule has 0 fully saturated rings. The van der Waals surface area contributed by atoms with Gasteiger partial charge < -0.3 is 10.3 Å². The highest BCUT2D eigenvalue weighted by Crippen LogP contribution is 2.14. The van der Waals surface area contributed by atoms with Crippen molar-refractivity contribution in [1.29, 1.82) is 0 Å². The number of nitrogens with one attached hydrogen (secondary N) is 2. The number of carbonyl (C=O) groups excluding carboxylic acids is 1. The van der Waals surface area contributed by atoms with Gasteiger partial charge in [-0.2, -0.15) is 0 Å². The molecule has 1 amide bonds. The number of amides is 1. The molecule has 0 aliphatic rings. The molecule has 1 aromatic rings. The molecule has 0 atom stereocenters. The van der Waals surface area contributed by atoms with Crippen molar-refractivity contribution in [3.8, 4) is 0 Å². The van der Waals surface area contributed by atoms with Crippen molar-refractivity contribution in [2.75, 3.05) is 6.54 Å². The molecule has 1 aromatic heterocycles. The molecule has 0 aliphatic heterocycles. The Bertz CT molecular complexity index is 483. The third kappa shape index (κ3) is 4.71. The summed E-state index contributed by atoms with van der Waals surface area (Å²) < 4.78 is 0. The summed E-state index contributed by atoms with van der Waals surface area (Å²) in [7, 11) is 0. The predicted molar refractivity (Wildman–Crippen MR) is 77.9 cm³/mol. The summed E-state index contributed by atoms with van der Waals surface area (Å²) in [6.45, 7) is 4.68. The quantitative estimate of drug-likeness (QED) is 0.756. The first-order valence-corrected chi connectivity index (χ1v) is 7.17. The van der Waals surface area contributed by atoms with E-state index < -0.39 is 0 Å². The van der Waals surface area contributed by atoms with Crippen LogP contribution in [0.4, 0.5) is 0 Å². The first-order valence-electron chi connectivity index (χ1n) is 6.80. The van der Waals surface area contributed by atoms with E-state index in [-0.39, 0.29) is 17.0 Å². The first kappa shape index (κ1) is 15.8. The van der Waals surface area contributed by atoms with Crippen LogP contribution in [0.15, 0.2) is 10.9 Å². The molecule has 106 valence electrons.